The summed E-state index contributed by atoms with van der Waals surface area (Å²) >= 11 is 0. The fourth-order valence-electron chi connectivity index (χ4n) is 2.65. The van der Waals surface area contributed by atoms with Crippen LogP contribution in [-0.4, -0.2) is 60.9 Å². The maximum absolute atomic E-state index is 12.3. The molecule has 1 aliphatic heterocycles. The van der Waals surface area contributed by atoms with E-state index in [0.29, 0.717) is 24.7 Å². The van der Waals surface area contributed by atoms with Crippen LogP contribution in [0.4, 0.5) is 5.82 Å². The molecule has 132 valence electrons. The number of hydrogen-bond acceptors (Lipinski definition) is 6. The third kappa shape index (κ3) is 4.37. The Bertz CT molecular complexity index is 695. The molecule has 0 saturated carbocycles. The number of aromatic nitrogens is 2. The molecular weight excluding hydrogens is 320 g/mol. The van der Waals surface area contributed by atoms with E-state index in [1.165, 1.54) is 0 Å². The molecule has 25 heavy (non-hydrogen) atoms. The number of ether oxygens (including phenoxy) is 2. The molecule has 1 amide bonds. The third-order valence-corrected chi connectivity index (χ3v) is 4.17. The quantitative estimate of drug-likeness (QED) is 0.821. The van der Waals surface area contributed by atoms with E-state index in [1.54, 1.807) is 13.2 Å². The number of nitrogens with zero attached hydrogens (tertiary/aromatic N) is 4. The lowest BCUT2D eigenvalue weighted by Gasteiger charge is -2.35. The van der Waals surface area contributed by atoms with Crippen LogP contribution in [-0.2, 0) is 4.79 Å². The van der Waals surface area contributed by atoms with Crippen LogP contribution in [0.1, 0.15) is 5.56 Å². The fourth-order valence-corrected chi connectivity index (χ4v) is 2.65. The Balaban J connectivity index is 1.47. The molecule has 7 heteroatoms. The first-order chi connectivity index (χ1) is 12.2. The van der Waals surface area contributed by atoms with Gasteiger partial charge in [0.05, 0.1) is 7.11 Å². The van der Waals surface area contributed by atoms with Gasteiger partial charge in [0.25, 0.3) is 5.91 Å². The lowest BCUT2D eigenvalue weighted by atomic mass is 10.2. The van der Waals surface area contributed by atoms with Gasteiger partial charge >= 0.3 is 0 Å². The number of amides is 1. The molecule has 2 heterocycles. The van der Waals surface area contributed by atoms with Crippen molar-refractivity contribution < 1.29 is 14.3 Å². The van der Waals surface area contributed by atoms with Crippen molar-refractivity contribution in [3.8, 4) is 11.6 Å². The second-order valence-electron chi connectivity index (χ2n) is 5.90. The van der Waals surface area contributed by atoms with E-state index in [-0.39, 0.29) is 12.5 Å². The van der Waals surface area contributed by atoms with Crippen molar-refractivity contribution in [1.29, 1.82) is 0 Å². The molecular formula is C18H22N4O3. The number of benzene rings is 1. The van der Waals surface area contributed by atoms with Crippen LogP contribution >= 0.6 is 0 Å². The summed E-state index contributed by atoms with van der Waals surface area (Å²) in [7, 11) is 1.56. The summed E-state index contributed by atoms with van der Waals surface area (Å²) in [6.07, 6.45) is 0. The fraction of sp³-hybridized carbons (Fsp3) is 0.389. The zero-order chi connectivity index (χ0) is 17.6. The van der Waals surface area contributed by atoms with Gasteiger partial charge in [0.15, 0.2) is 12.4 Å². The van der Waals surface area contributed by atoms with Crippen LogP contribution in [0, 0.1) is 6.92 Å². The number of aryl methyl sites for hydroxylation is 1. The molecule has 0 bridgehead atoms. The normalized spacial score (nSPS) is 14.3. The first-order valence-corrected chi connectivity index (χ1v) is 8.25. The molecule has 0 atom stereocenters. The summed E-state index contributed by atoms with van der Waals surface area (Å²) in [5.41, 5.74) is 1.16. The summed E-state index contributed by atoms with van der Waals surface area (Å²) in [6.45, 7) is 4.80. The van der Waals surface area contributed by atoms with Crippen molar-refractivity contribution in [3.63, 3.8) is 0 Å². The van der Waals surface area contributed by atoms with Crippen LogP contribution in [0.5, 0.6) is 11.6 Å². The predicted octanol–water partition coefficient (Wildman–Crippen LogP) is 1.52. The van der Waals surface area contributed by atoms with Crippen molar-refractivity contribution in [2.45, 2.75) is 6.92 Å². The number of methoxy groups -OCH3 is 1. The summed E-state index contributed by atoms with van der Waals surface area (Å²) in [5.74, 6) is 2.00. The number of carbonyl (C=O) groups is 1. The Labute approximate surface area is 147 Å². The van der Waals surface area contributed by atoms with Gasteiger partial charge in [-0.25, -0.2) is 0 Å². The van der Waals surface area contributed by atoms with Crippen molar-refractivity contribution >= 4 is 11.7 Å². The van der Waals surface area contributed by atoms with Gasteiger partial charge < -0.3 is 19.3 Å². The Morgan fingerprint density at radius 1 is 1.04 bits per heavy atom. The van der Waals surface area contributed by atoms with Gasteiger partial charge in [-0.1, -0.05) is 17.7 Å². The van der Waals surface area contributed by atoms with Gasteiger partial charge in [-0.3, -0.25) is 4.79 Å². The maximum Gasteiger partial charge on any atom is 0.260 e. The Kier molecular flexibility index (Phi) is 5.33. The van der Waals surface area contributed by atoms with E-state index in [2.05, 4.69) is 15.1 Å². The highest BCUT2D eigenvalue weighted by Crippen LogP contribution is 2.16. The lowest BCUT2D eigenvalue weighted by Crippen LogP contribution is -2.50. The topological polar surface area (TPSA) is 67.8 Å². The maximum atomic E-state index is 12.3. The minimum Gasteiger partial charge on any atom is -0.484 e. The highest BCUT2D eigenvalue weighted by molar-refractivity contribution is 5.78. The van der Waals surface area contributed by atoms with E-state index >= 15 is 0 Å². The molecule has 1 fully saturated rings. The van der Waals surface area contributed by atoms with E-state index in [9.17, 15) is 4.79 Å². The van der Waals surface area contributed by atoms with Gasteiger partial charge in [0.1, 0.15) is 5.75 Å². The number of piperazine rings is 1. The molecule has 3 rings (SSSR count). The molecule has 1 aliphatic rings. The molecule has 2 aromatic rings. The Morgan fingerprint density at radius 3 is 2.36 bits per heavy atom. The number of rotatable bonds is 5. The van der Waals surface area contributed by atoms with E-state index < -0.39 is 0 Å². The van der Waals surface area contributed by atoms with E-state index in [1.807, 2.05) is 42.2 Å². The van der Waals surface area contributed by atoms with Gasteiger partial charge in [-0.05, 0) is 25.1 Å². The number of carbonyl (C=O) groups excluding carboxylic acids is 1. The zero-order valence-corrected chi connectivity index (χ0v) is 14.5. The largest absolute Gasteiger partial charge is 0.484 e. The first-order valence-electron chi connectivity index (χ1n) is 8.25. The number of hydrogen-bond donors (Lipinski definition) is 0. The van der Waals surface area contributed by atoms with Gasteiger partial charge in [0.2, 0.25) is 5.88 Å². The standard InChI is InChI=1S/C18H22N4O3/c1-14-3-5-15(6-4-14)25-13-18(23)22-11-9-21(10-12-22)16-7-8-17(24-2)20-19-16/h3-8H,9-13H2,1-2H3. The van der Waals surface area contributed by atoms with Crippen LogP contribution in [0.3, 0.4) is 0 Å². The zero-order valence-electron chi connectivity index (χ0n) is 14.5. The molecule has 0 aliphatic carbocycles. The van der Waals surface area contributed by atoms with Crippen LogP contribution in [0.15, 0.2) is 36.4 Å². The second kappa shape index (κ2) is 7.83. The summed E-state index contributed by atoms with van der Waals surface area (Å²) < 4.78 is 10.6. The van der Waals surface area contributed by atoms with Crippen LogP contribution < -0.4 is 14.4 Å². The van der Waals surface area contributed by atoms with E-state index in [0.717, 1.165) is 24.5 Å². The van der Waals surface area contributed by atoms with Crippen LogP contribution in [0.25, 0.3) is 0 Å². The van der Waals surface area contributed by atoms with Crippen molar-refractivity contribution in [2.75, 3.05) is 44.8 Å². The van der Waals surface area contributed by atoms with Gasteiger partial charge in [-0.15, -0.1) is 10.2 Å². The summed E-state index contributed by atoms with van der Waals surface area (Å²) in [4.78, 5) is 16.2. The second-order valence-corrected chi connectivity index (χ2v) is 5.90. The Hall–Kier alpha value is -2.83. The Morgan fingerprint density at radius 2 is 1.76 bits per heavy atom. The third-order valence-electron chi connectivity index (χ3n) is 4.17. The van der Waals surface area contributed by atoms with E-state index in [4.69, 9.17) is 9.47 Å². The van der Waals surface area contributed by atoms with Gasteiger partial charge in [0, 0.05) is 32.2 Å². The lowest BCUT2D eigenvalue weighted by molar-refractivity contribution is -0.133. The SMILES string of the molecule is COc1ccc(N2CCN(C(=O)COc3ccc(C)cc3)CC2)nn1. The minimum atomic E-state index is 0.000963. The molecule has 0 spiro atoms. The van der Waals surface area contributed by atoms with Crippen molar-refractivity contribution in [3.05, 3.63) is 42.0 Å². The molecule has 1 aromatic heterocycles. The highest BCUT2D eigenvalue weighted by Gasteiger charge is 2.22. The molecule has 1 aromatic carbocycles. The predicted molar refractivity (Wildman–Crippen MR) is 94.1 cm³/mol. The molecule has 0 N–H and O–H groups in total. The number of anilines is 1. The summed E-state index contributed by atoms with van der Waals surface area (Å²) in [6, 6.07) is 11.4. The minimum absolute atomic E-state index is 0.000963. The average molecular weight is 342 g/mol. The molecule has 0 radical (unpaired) electrons. The monoisotopic (exact) mass is 342 g/mol. The van der Waals surface area contributed by atoms with Crippen LogP contribution in [0.2, 0.25) is 0 Å². The molecule has 1 saturated heterocycles. The van der Waals surface area contributed by atoms with Gasteiger partial charge in [-0.2, -0.15) is 0 Å². The molecule has 7 nitrogen and oxygen atoms in total. The van der Waals surface area contributed by atoms with Crippen molar-refractivity contribution in [2.24, 2.45) is 0 Å². The highest BCUT2D eigenvalue weighted by atomic mass is 16.5. The average Bonchev–Trinajstić information content (AvgIpc) is 2.67. The first kappa shape index (κ1) is 17.0. The smallest absolute Gasteiger partial charge is 0.260 e. The molecule has 0 unspecified atom stereocenters. The summed E-state index contributed by atoms with van der Waals surface area (Å²) in [5, 5.41) is 8.13. The van der Waals surface area contributed by atoms with Crippen molar-refractivity contribution in [1.82, 2.24) is 15.1 Å².